The van der Waals surface area contributed by atoms with Crippen LogP contribution in [-0.4, -0.2) is 46.6 Å². The van der Waals surface area contributed by atoms with E-state index in [-0.39, 0.29) is 5.91 Å². The van der Waals surface area contributed by atoms with Crippen molar-refractivity contribution < 1.29 is 4.79 Å². The van der Waals surface area contributed by atoms with E-state index in [2.05, 4.69) is 36.9 Å². The molecule has 3 N–H and O–H groups in total. The Morgan fingerprint density at radius 3 is 2.69 bits per heavy atom. The van der Waals surface area contributed by atoms with Crippen molar-refractivity contribution in [2.45, 2.75) is 6.54 Å². The number of piperazine rings is 1. The van der Waals surface area contributed by atoms with E-state index in [0.717, 1.165) is 60.2 Å². The molecule has 0 aliphatic carbocycles. The summed E-state index contributed by atoms with van der Waals surface area (Å²) in [4.78, 5) is 23.6. The topological polar surface area (TPSA) is 87.1 Å². The molecule has 2 aliphatic rings. The third-order valence-electron chi connectivity index (χ3n) is 5.55. The summed E-state index contributed by atoms with van der Waals surface area (Å²) in [6.07, 6.45) is 5.47. The number of fused-ring (bicyclic) bond motifs is 1. The van der Waals surface area contributed by atoms with E-state index in [1.54, 1.807) is 6.33 Å². The molecular formula is C21H23N7O. The first-order valence-electron chi connectivity index (χ1n) is 9.80. The average molecular weight is 389 g/mol. The van der Waals surface area contributed by atoms with Crippen LogP contribution in [0.5, 0.6) is 0 Å². The van der Waals surface area contributed by atoms with Crippen LogP contribution in [-0.2, 0) is 13.6 Å². The molecule has 5 rings (SSSR count). The zero-order valence-corrected chi connectivity index (χ0v) is 16.3. The Hall–Kier alpha value is -3.39. The fraction of sp³-hybridized carbons (Fsp3) is 0.286. The Morgan fingerprint density at radius 2 is 1.97 bits per heavy atom. The first kappa shape index (κ1) is 17.7. The number of hydrogen-bond donors (Lipinski definition) is 3. The molecule has 4 heterocycles. The smallest absolute Gasteiger partial charge is 0.254 e. The van der Waals surface area contributed by atoms with Crippen LogP contribution < -0.4 is 20.9 Å². The van der Waals surface area contributed by atoms with Crippen molar-refractivity contribution >= 4 is 23.1 Å². The van der Waals surface area contributed by atoms with Gasteiger partial charge < -0.3 is 25.4 Å². The molecule has 148 valence electrons. The summed E-state index contributed by atoms with van der Waals surface area (Å²) >= 11 is 0. The number of anilines is 3. The van der Waals surface area contributed by atoms with Gasteiger partial charge in [0.15, 0.2) is 0 Å². The van der Waals surface area contributed by atoms with E-state index in [1.165, 1.54) is 0 Å². The van der Waals surface area contributed by atoms with E-state index in [9.17, 15) is 4.79 Å². The van der Waals surface area contributed by atoms with E-state index < -0.39 is 0 Å². The molecule has 8 nitrogen and oxygen atoms in total. The lowest BCUT2D eigenvalue weighted by Crippen LogP contribution is -2.43. The molecule has 1 aromatic carbocycles. The lowest BCUT2D eigenvalue weighted by Gasteiger charge is -2.29. The number of nitrogens with one attached hydrogen (secondary N) is 3. The van der Waals surface area contributed by atoms with Crippen LogP contribution in [0, 0.1) is 0 Å². The summed E-state index contributed by atoms with van der Waals surface area (Å²) in [7, 11) is 1.95. The molecule has 1 fully saturated rings. The summed E-state index contributed by atoms with van der Waals surface area (Å²) < 4.78 is 1.96. The predicted molar refractivity (Wildman–Crippen MR) is 112 cm³/mol. The lowest BCUT2D eigenvalue weighted by molar-refractivity contribution is 0.0966. The fourth-order valence-corrected chi connectivity index (χ4v) is 4.02. The van der Waals surface area contributed by atoms with Gasteiger partial charge in [-0.1, -0.05) is 6.07 Å². The van der Waals surface area contributed by atoms with Gasteiger partial charge in [0.05, 0.1) is 41.4 Å². The average Bonchev–Trinajstić information content (AvgIpc) is 3.36. The van der Waals surface area contributed by atoms with Crippen molar-refractivity contribution in [2.75, 3.05) is 36.4 Å². The third-order valence-corrected chi connectivity index (χ3v) is 5.55. The number of hydrogen-bond acceptors (Lipinski definition) is 6. The second-order valence-corrected chi connectivity index (χ2v) is 7.35. The number of amides is 1. The largest absolute Gasteiger partial charge is 0.368 e. The number of benzene rings is 1. The summed E-state index contributed by atoms with van der Waals surface area (Å²) in [6.45, 7) is 4.46. The Morgan fingerprint density at radius 1 is 1.10 bits per heavy atom. The van der Waals surface area contributed by atoms with Crippen molar-refractivity contribution in [3.63, 3.8) is 0 Å². The highest BCUT2D eigenvalue weighted by atomic mass is 16.1. The van der Waals surface area contributed by atoms with Crippen LogP contribution >= 0.6 is 0 Å². The summed E-state index contributed by atoms with van der Waals surface area (Å²) in [5, 5.41) is 9.63. The van der Waals surface area contributed by atoms with Gasteiger partial charge in [0.1, 0.15) is 5.82 Å². The maximum Gasteiger partial charge on any atom is 0.254 e. The minimum absolute atomic E-state index is 0.0658. The molecule has 2 aliphatic heterocycles. The minimum Gasteiger partial charge on any atom is -0.368 e. The van der Waals surface area contributed by atoms with Crippen LogP contribution in [0.3, 0.4) is 0 Å². The van der Waals surface area contributed by atoms with Crippen LogP contribution in [0.1, 0.15) is 15.9 Å². The van der Waals surface area contributed by atoms with Crippen molar-refractivity contribution in [2.24, 2.45) is 7.05 Å². The zero-order chi connectivity index (χ0) is 19.8. The summed E-state index contributed by atoms with van der Waals surface area (Å²) in [5.74, 6) is 0.656. The predicted octanol–water partition coefficient (Wildman–Crippen LogP) is 1.88. The Balaban J connectivity index is 1.44. The fourth-order valence-electron chi connectivity index (χ4n) is 4.02. The SMILES string of the molecule is Cn1cncc1-c1ccc(Nc2ccc(N3CCNCC3)cn2)c2c1CNC2=O. The number of aromatic nitrogens is 3. The van der Waals surface area contributed by atoms with E-state index in [4.69, 9.17) is 0 Å². The van der Waals surface area contributed by atoms with Gasteiger partial charge in [0.25, 0.3) is 5.91 Å². The van der Waals surface area contributed by atoms with Crippen LogP contribution in [0.2, 0.25) is 0 Å². The molecule has 8 heteroatoms. The lowest BCUT2D eigenvalue weighted by atomic mass is 9.99. The molecule has 0 saturated carbocycles. The number of imidazole rings is 1. The van der Waals surface area contributed by atoms with Gasteiger partial charge in [-0.25, -0.2) is 9.97 Å². The Bertz CT molecular complexity index is 1050. The van der Waals surface area contributed by atoms with Crippen LogP contribution in [0.15, 0.2) is 43.0 Å². The molecule has 0 unspecified atom stereocenters. The Kier molecular flexibility index (Phi) is 4.40. The number of pyridine rings is 1. The second kappa shape index (κ2) is 7.21. The zero-order valence-electron chi connectivity index (χ0n) is 16.3. The van der Waals surface area contributed by atoms with Gasteiger partial charge in [-0.05, 0) is 23.8 Å². The van der Waals surface area contributed by atoms with Crippen LogP contribution in [0.25, 0.3) is 11.3 Å². The highest BCUT2D eigenvalue weighted by Gasteiger charge is 2.27. The Labute approximate surface area is 169 Å². The highest BCUT2D eigenvalue weighted by Crippen LogP contribution is 2.34. The van der Waals surface area contributed by atoms with Gasteiger partial charge in [-0.3, -0.25) is 4.79 Å². The second-order valence-electron chi connectivity index (χ2n) is 7.35. The molecule has 0 bridgehead atoms. The summed E-state index contributed by atoms with van der Waals surface area (Å²) in [5.41, 5.74) is 5.56. The van der Waals surface area contributed by atoms with E-state index >= 15 is 0 Å². The van der Waals surface area contributed by atoms with Crippen molar-refractivity contribution in [3.8, 4) is 11.3 Å². The molecule has 1 saturated heterocycles. The number of carbonyl (C=O) groups excluding carboxylic acids is 1. The van der Waals surface area contributed by atoms with Gasteiger partial charge in [-0.2, -0.15) is 0 Å². The molecule has 0 radical (unpaired) electrons. The molecule has 1 amide bonds. The molecule has 3 aromatic rings. The molecule has 0 spiro atoms. The first-order valence-corrected chi connectivity index (χ1v) is 9.80. The van der Waals surface area contributed by atoms with Gasteiger partial charge in [-0.15, -0.1) is 0 Å². The number of carbonyl (C=O) groups is 1. The van der Waals surface area contributed by atoms with Crippen LogP contribution in [0.4, 0.5) is 17.2 Å². The maximum absolute atomic E-state index is 12.5. The quantitative estimate of drug-likeness (QED) is 0.632. The van der Waals surface area contributed by atoms with E-state index in [1.807, 2.05) is 42.2 Å². The molecule has 0 atom stereocenters. The number of nitrogens with zero attached hydrogens (tertiary/aromatic N) is 4. The molecule has 2 aromatic heterocycles. The van der Waals surface area contributed by atoms with Gasteiger partial charge in [0, 0.05) is 45.3 Å². The van der Waals surface area contributed by atoms with Gasteiger partial charge >= 0.3 is 0 Å². The number of rotatable bonds is 4. The van der Waals surface area contributed by atoms with Gasteiger partial charge in [0.2, 0.25) is 0 Å². The first-order chi connectivity index (χ1) is 14.2. The van der Waals surface area contributed by atoms with Crippen molar-refractivity contribution in [3.05, 3.63) is 54.1 Å². The molecular weight excluding hydrogens is 366 g/mol. The maximum atomic E-state index is 12.5. The normalized spacial score (nSPS) is 15.9. The highest BCUT2D eigenvalue weighted by molar-refractivity contribution is 6.06. The van der Waals surface area contributed by atoms with Crippen molar-refractivity contribution in [1.29, 1.82) is 0 Å². The monoisotopic (exact) mass is 389 g/mol. The van der Waals surface area contributed by atoms with E-state index in [0.29, 0.717) is 12.1 Å². The summed E-state index contributed by atoms with van der Waals surface area (Å²) in [6, 6.07) is 8.02. The number of aryl methyl sites for hydroxylation is 1. The minimum atomic E-state index is -0.0658. The van der Waals surface area contributed by atoms with Crippen molar-refractivity contribution in [1.82, 2.24) is 25.2 Å². The standard InChI is InChI=1S/C21H23N7O/c1-27-13-23-12-18(27)15-3-4-17(20-16(15)11-25-21(20)29)26-19-5-2-14(10-24-19)28-8-6-22-7-9-28/h2-5,10,12-13,22H,6-9,11H2,1H3,(H,24,26)(H,25,29). The molecule has 29 heavy (non-hydrogen) atoms. The third kappa shape index (κ3) is 3.21.